The van der Waals surface area contributed by atoms with Crippen LogP contribution in [0, 0.1) is 5.92 Å². The van der Waals surface area contributed by atoms with Crippen LogP contribution in [0.5, 0.6) is 0 Å². The number of piperazine rings is 1. The maximum Gasteiger partial charge on any atom is 0.0377 e. The fraction of sp³-hybridized carbons (Fsp3) is 0.429. The van der Waals surface area contributed by atoms with Gasteiger partial charge in [0, 0.05) is 32.2 Å². The topological polar surface area (TPSA) is 15.3 Å². The highest BCUT2D eigenvalue weighted by Gasteiger charge is 2.33. The molecule has 0 unspecified atom stereocenters. The highest BCUT2D eigenvalue weighted by Crippen LogP contribution is 2.42. The first-order valence-corrected chi connectivity index (χ1v) is 9.02. The molecule has 0 radical (unpaired) electrons. The Morgan fingerprint density at radius 2 is 1.61 bits per heavy atom. The molecule has 2 aromatic rings. The molecular weight excluding hydrogens is 280 g/mol. The van der Waals surface area contributed by atoms with Gasteiger partial charge in [0.05, 0.1) is 0 Å². The van der Waals surface area contributed by atoms with Crippen molar-refractivity contribution < 1.29 is 0 Å². The molecule has 1 aliphatic heterocycles. The Bertz CT molecular complexity index is 627. The monoisotopic (exact) mass is 306 g/mol. The summed E-state index contributed by atoms with van der Waals surface area (Å²) in [5.74, 6) is 0.846. The summed E-state index contributed by atoms with van der Waals surface area (Å²) < 4.78 is 0. The third kappa shape index (κ3) is 3.19. The van der Waals surface area contributed by atoms with Gasteiger partial charge in [-0.25, -0.2) is 0 Å². The van der Waals surface area contributed by atoms with Gasteiger partial charge in [0.2, 0.25) is 0 Å². The van der Waals surface area contributed by atoms with Crippen molar-refractivity contribution in [3.05, 3.63) is 60.2 Å². The van der Waals surface area contributed by atoms with Crippen LogP contribution in [-0.4, -0.2) is 31.1 Å². The minimum Gasteiger partial charge on any atom is -0.314 e. The molecule has 2 aliphatic rings. The van der Waals surface area contributed by atoms with E-state index >= 15 is 0 Å². The molecule has 2 aromatic carbocycles. The van der Waals surface area contributed by atoms with Gasteiger partial charge in [-0.15, -0.1) is 0 Å². The van der Waals surface area contributed by atoms with Crippen LogP contribution in [0.25, 0.3) is 11.1 Å². The second-order valence-electron chi connectivity index (χ2n) is 6.91. The Hall–Kier alpha value is -1.64. The second-order valence-corrected chi connectivity index (χ2v) is 6.91. The maximum atomic E-state index is 3.49. The molecule has 1 N–H and O–H groups in total. The van der Waals surface area contributed by atoms with E-state index in [0.717, 1.165) is 19.0 Å². The molecular formula is C21H26N2. The molecule has 1 atom stereocenters. The lowest BCUT2D eigenvalue weighted by atomic mass is 9.76. The van der Waals surface area contributed by atoms with Crippen LogP contribution in [0.4, 0.5) is 0 Å². The smallest absolute Gasteiger partial charge is 0.0377 e. The fourth-order valence-corrected chi connectivity index (χ4v) is 4.03. The molecule has 0 amide bonds. The van der Waals surface area contributed by atoms with Gasteiger partial charge in [0.25, 0.3) is 0 Å². The largest absolute Gasteiger partial charge is 0.314 e. The highest BCUT2D eigenvalue weighted by atomic mass is 15.2. The SMILES string of the molecule is c1ccc(-c2cccc([C@@H](C3CCC3)N3CCNCC3)c2)cc1. The number of rotatable bonds is 4. The van der Waals surface area contributed by atoms with Gasteiger partial charge < -0.3 is 5.32 Å². The molecule has 0 spiro atoms. The van der Waals surface area contributed by atoms with Crippen molar-refractivity contribution in [2.24, 2.45) is 5.92 Å². The first-order valence-electron chi connectivity index (χ1n) is 9.02. The van der Waals surface area contributed by atoms with Crippen molar-refractivity contribution in [3.63, 3.8) is 0 Å². The molecule has 120 valence electrons. The highest BCUT2D eigenvalue weighted by molar-refractivity contribution is 5.64. The third-order valence-corrected chi connectivity index (χ3v) is 5.48. The van der Waals surface area contributed by atoms with E-state index < -0.39 is 0 Å². The van der Waals surface area contributed by atoms with E-state index in [0.29, 0.717) is 6.04 Å². The summed E-state index contributed by atoms with van der Waals surface area (Å²) >= 11 is 0. The van der Waals surface area contributed by atoms with E-state index in [9.17, 15) is 0 Å². The van der Waals surface area contributed by atoms with Crippen LogP contribution in [0.2, 0.25) is 0 Å². The van der Waals surface area contributed by atoms with Crippen molar-refractivity contribution in [3.8, 4) is 11.1 Å². The van der Waals surface area contributed by atoms with Gasteiger partial charge >= 0.3 is 0 Å². The third-order valence-electron chi connectivity index (χ3n) is 5.48. The number of benzene rings is 2. The van der Waals surface area contributed by atoms with E-state index in [1.165, 1.54) is 49.0 Å². The average molecular weight is 306 g/mol. The van der Waals surface area contributed by atoms with Crippen LogP contribution in [0.1, 0.15) is 30.9 Å². The Morgan fingerprint density at radius 1 is 0.870 bits per heavy atom. The normalized spacial score (nSPS) is 20.9. The molecule has 1 saturated heterocycles. The summed E-state index contributed by atoms with van der Waals surface area (Å²) in [6.45, 7) is 4.61. The van der Waals surface area contributed by atoms with Gasteiger partial charge in [-0.2, -0.15) is 0 Å². The quantitative estimate of drug-likeness (QED) is 0.915. The van der Waals surface area contributed by atoms with Crippen molar-refractivity contribution in [2.45, 2.75) is 25.3 Å². The van der Waals surface area contributed by atoms with Crippen molar-refractivity contribution in [1.29, 1.82) is 0 Å². The number of nitrogens with one attached hydrogen (secondary N) is 1. The van der Waals surface area contributed by atoms with Gasteiger partial charge in [0.1, 0.15) is 0 Å². The van der Waals surface area contributed by atoms with Crippen LogP contribution in [0.3, 0.4) is 0 Å². The molecule has 23 heavy (non-hydrogen) atoms. The average Bonchev–Trinajstić information content (AvgIpc) is 2.59. The van der Waals surface area contributed by atoms with Crippen molar-refractivity contribution in [2.75, 3.05) is 26.2 Å². The van der Waals surface area contributed by atoms with Crippen LogP contribution >= 0.6 is 0 Å². The number of hydrogen-bond donors (Lipinski definition) is 1. The predicted octanol–water partition coefficient (Wildman–Crippen LogP) is 4.10. The summed E-state index contributed by atoms with van der Waals surface area (Å²) in [6.07, 6.45) is 4.19. The minimum atomic E-state index is 0.606. The van der Waals surface area contributed by atoms with Crippen molar-refractivity contribution >= 4 is 0 Å². The summed E-state index contributed by atoms with van der Waals surface area (Å²) in [6, 6.07) is 20.6. The Labute approximate surface area is 139 Å². The molecule has 0 aromatic heterocycles. The van der Waals surface area contributed by atoms with Gasteiger partial charge in [0.15, 0.2) is 0 Å². The molecule has 0 bridgehead atoms. The van der Waals surface area contributed by atoms with Crippen LogP contribution in [0.15, 0.2) is 54.6 Å². The molecule has 4 rings (SSSR count). The second kappa shape index (κ2) is 6.86. The Morgan fingerprint density at radius 3 is 2.30 bits per heavy atom. The van der Waals surface area contributed by atoms with Gasteiger partial charge in [-0.05, 0) is 41.5 Å². The summed E-state index contributed by atoms with van der Waals surface area (Å²) in [5, 5.41) is 3.49. The van der Waals surface area contributed by atoms with Crippen LogP contribution < -0.4 is 5.32 Å². The van der Waals surface area contributed by atoms with Gasteiger partial charge in [-0.3, -0.25) is 4.90 Å². The van der Waals surface area contributed by atoms with E-state index in [1.54, 1.807) is 0 Å². The molecule has 1 saturated carbocycles. The van der Waals surface area contributed by atoms with E-state index in [4.69, 9.17) is 0 Å². The Kier molecular flexibility index (Phi) is 4.45. The van der Waals surface area contributed by atoms with Crippen molar-refractivity contribution in [1.82, 2.24) is 10.2 Å². The zero-order chi connectivity index (χ0) is 15.5. The number of hydrogen-bond acceptors (Lipinski definition) is 2. The summed E-state index contributed by atoms with van der Waals surface area (Å²) in [5.41, 5.74) is 4.18. The minimum absolute atomic E-state index is 0.606. The number of nitrogens with zero attached hydrogens (tertiary/aromatic N) is 1. The maximum absolute atomic E-state index is 3.49. The summed E-state index contributed by atoms with van der Waals surface area (Å²) in [4.78, 5) is 2.71. The van der Waals surface area contributed by atoms with E-state index in [1.807, 2.05) is 0 Å². The molecule has 1 heterocycles. The lowest BCUT2D eigenvalue weighted by Gasteiger charge is -2.43. The lowest BCUT2D eigenvalue weighted by molar-refractivity contribution is 0.0837. The van der Waals surface area contributed by atoms with E-state index in [2.05, 4.69) is 64.8 Å². The van der Waals surface area contributed by atoms with E-state index in [-0.39, 0.29) is 0 Å². The van der Waals surface area contributed by atoms with Gasteiger partial charge in [-0.1, -0.05) is 55.0 Å². The first kappa shape index (κ1) is 14.9. The first-order chi connectivity index (χ1) is 11.4. The van der Waals surface area contributed by atoms with Crippen LogP contribution in [-0.2, 0) is 0 Å². The predicted molar refractivity (Wildman–Crippen MR) is 96.4 cm³/mol. The zero-order valence-electron chi connectivity index (χ0n) is 13.7. The molecule has 2 fully saturated rings. The zero-order valence-corrected chi connectivity index (χ0v) is 13.7. The Balaban J connectivity index is 1.65. The summed E-state index contributed by atoms with van der Waals surface area (Å²) in [7, 11) is 0. The standard InChI is InChI=1S/C21H26N2/c1-2-6-17(7-3-1)19-10-5-11-20(16-19)21(18-8-4-9-18)23-14-12-22-13-15-23/h1-3,5-7,10-11,16,18,21-22H,4,8-9,12-15H2/t21-/m1/s1. The molecule has 2 heteroatoms. The lowest BCUT2D eigenvalue weighted by Crippen LogP contribution is -2.47. The molecule has 1 aliphatic carbocycles. The fourth-order valence-electron chi connectivity index (χ4n) is 4.03. The molecule has 2 nitrogen and oxygen atoms in total.